The van der Waals surface area contributed by atoms with E-state index in [1.54, 1.807) is 0 Å². The molecule has 1 aliphatic heterocycles. The molecule has 0 saturated carbocycles. The molecule has 1 heterocycles. The van der Waals surface area contributed by atoms with Crippen LogP contribution in [0.1, 0.15) is 96.8 Å². The zero-order valence-electron chi connectivity index (χ0n) is 18.5. The molecule has 0 aromatic heterocycles. The average Bonchev–Trinajstić information content (AvgIpc) is 3.11. The van der Waals surface area contributed by atoms with Gasteiger partial charge in [0.15, 0.2) is 0 Å². The molecule has 0 spiro atoms. The number of hydrogen-bond acceptors (Lipinski definition) is 5. The fraction of sp³-hybridized carbons (Fsp3) is 0.870. The first kappa shape index (κ1) is 26.4. The maximum atomic E-state index is 11.8. The van der Waals surface area contributed by atoms with E-state index in [-0.39, 0.29) is 18.5 Å². The molecular weight excluding hydrogens is 387 g/mol. The number of aliphatic hydroxyl groups is 1. The van der Waals surface area contributed by atoms with Gasteiger partial charge in [-0.3, -0.25) is 9.36 Å². The summed E-state index contributed by atoms with van der Waals surface area (Å²) in [4.78, 5) is 11.8. The monoisotopic (exact) mass is 430 g/mol. The zero-order chi connectivity index (χ0) is 21.2. The lowest BCUT2D eigenvalue weighted by Gasteiger charge is -2.09. The number of carbonyl (C=O) groups excluding carboxylic acids is 1. The maximum absolute atomic E-state index is 11.8. The molecule has 1 aliphatic rings. The van der Waals surface area contributed by atoms with Crippen molar-refractivity contribution in [3.8, 4) is 0 Å². The minimum atomic E-state index is -2.86. The Morgan fingerprint density at radius 1 is 1.00 bits per heavy atom. The van der Waals surface area contributed by atoms with Crippen LogP contribution in [-0.4, -0.2) is 36.8 Å². The molecular formula is C23H43O5P. The summed E-state index contributed by atoms with van der Waals surface area (Å²) in [5.74, 6) is -0.237. The second-order valence-corrected chi connectivity index (χ2v) is 10.9. The molecule has 5 nitrogen and oxygen atoms in total. The van der Waals surface area contributed by atoms with Gasteiger partial charge >= 0.3 is 5.97 Å². The van der Waals surface area contributed by atoms with Crippen LogP contribution in [0.3, 0.4) is 0 Å². The molecule has 0 aromatic rings. The van der Waals surface area contributed by atoms with Crippen molar-refractivity contribution >= 4 is 13.3 Å². The number of aliphatic hydroxyl groups excluding tert-OH is 1. The van der Waals surface area contributed by atoms with Crippen molar-refractivity contribution in [1.82, 2.24) is 0 Å². The number of unbranched alkanes of at least 4 members (excludes halogenated alkanes) is 11. The lowest BCUT2D eigenvalue weighted by molar-refractivity contribution is -0.145. The number of allylic oxidation sites excluding steroid dienone is 2. The van der Waals surface area contributed by atoms with E-state index in [0.29, 0.717) is 19.2 Å². The molecule has 6 heteroatoms. The van der Waals surface area contributed by atoms with Gasteiger partial charge in [-0.05, 0) is 32.1 Å². The van der Waals surface area contributed by atoms with Crippen LogP contribution in [0, 0.1) is 5.92 Å². The molecule has 2 atom stereocenters. The zero-order valence-corrected chi connectivity index (χ0v) is 19.4. The molecule has 1 N–H and O–H groups in total. The first-order valence-corrected chi connectivity index (χ1v) is 13.7. The van der Waals surface area contributed by atoms with E-state index in [9.17, 15) is 9.36 Å². The Morgan fingerprint density at radius 2 is 1.59 bits per heavy atom. The highest BCUT2D eigenvalue weighted by Gasteiger charge is 2.35. The van der Waals surface area contributed by atoms with E-state index < -0.39 is 13.7 Å². The van der Waals surface area contributed by atoms with Gasteiger partial charge in [-0.2, -0.15) is 0 Å². The lowest BCUT2D eigenvalue weighted by atomic mass is 10.1. The van der Waals surface area contributed by atoms with Gasteiger partial charge in [-0.15, -0.1) is 0 Å². The summed E-state index contributed by atoms with van der Waals surface area (Å²) in [5.41, 5.74) is 0. The lowest BCUT2D eigenvalue weighted by Crippen LogP contribution is -2.16. The van der Waals surface area contributed by atoms with Crippen molar-refractivity contribution in [1.29, 1.82) is 0 Å². The van der Waals surface area contributed by atoms with Gasteiger partial charge in [0.1, 0.15) is 6.35 Å². The van der Waals surface area contributed by atoms with E-state index in [0.717, 1.165) is 19.3 Å². The minimum absolute atomic E-state index is 0.0500. The molecule has 2 unspecified atom stereocenters. The van der Waals surface area contributed by atoms with Gasteiger partial charge in [0, 0.05) is 18.5 Å². The van der Waals surface area contributed by atoms with Gasteiger partial charge in [-0.1, -0.05) is 70.4 Å². The van der Waals surface area contributed by atoms with Crippen molar-refractivity contribution < 1.29 is 23.7 Å². The number of carbonyl (C=O) groups is 1. The quantitative estimate of drug-likeness (QED) is 0.117. The van der Waals surface area contributed by atoms with Gasteiger partial charge in [0.25, 0.3) is 0 Å². The number of hydrogen-bond donors (Lipinski definition) is 1. The minimum Gasteiger partial charge on any atom is -0.465 e. The fourth-order valence-corrected chi connectivity index (χ4v) is 5.35. The Bertz CT molecular complexity index is 492. The Kier molecular flexibility index (Phi) is 15.5. The van der Waals surface area contributed by atoms with Crippen molar-refractivity contribution in [2.24, 2.45) is 5.92 Å². The van der Waals surface area contributed by atoms with E-state index in [1.807, 2.05) is 0 Å². The fourth-order valence-electron chi connectivity index (χ4n) is 3.56. The van der Waals surface area contributed by atoms with E-state index in [4.69, 9.17) is 14.4 Å². The van der Waals surface area contributed by atoms with Crippen LogP contribution in [0.4, 0.5) is 0 Å². The molecule has 1 fully saturated rings. The SMILES string of the molecule is CCCCCCCC/C=C\CCCCCCCC(=O)OCC1COP(=O)(CO)C1. The Hall–Kier alpha value is -0.640. The Morgan fingerprint density at radius 3 is 2.17 bits per heavy atom. The smallest absolute Gasteiger partial charge is 0.305 e. The second-order valence-electron chi connectivity index (χ2n) is 8.32. The summed E-state index contributed by atoms with van der Waals surface area (Å²) >= 11 is 0. The highest BCUT2D eigenvalue weighted by atomic mass is 31.2. The van der Waals surface area contributed by atoms with Gasteiger partial charge in [-0.25, -0.2) is 0 Å². The summed E-state index contributed by atoms with van der Waals surface area (Å²) in [6, 6.07) is 0. The highest BCUT2D eigenvalue weighted by molar-refractivity contribution is 7.59. The Labute approximate surface area is 178 Å². The normalized spacial score (nSPS) is 21.8. The third-order valence-electron chi connectivity index (χ3n) is 5.42. The van der Waals surface area contributed by atoms with Crippen molar-refractivity contribution in [3.63, 3.8) is 0 Å². The molecule has 1 rings (SSSR count). The highest BCUT2D eigenvalue weighted by Crippen LogP contribution is 2.52. The van der Waals surface area contributed by atoms with Gasteiger partial charge < -0.3 is 14.4 Å². The second kappa shape index (κ2) is 17.1. The van der Waals surface area contributed by atoms with Crippen LogP contribution in [0.15, 0.2) is 12.2 Å². The molecule has 0 aliphatic carbocycles. The number of rotatable bonds is 18. The summed E-state index contributed by atoms with van der Waals surface area (Å²) < 4.78 is 22.2. The predicted octanol–water partition coefficient (Wildman–Crippen LogP) is 6.44. The van der Waals surface area contributed by atoms with Crippen LogP contribution < -0.4 is 0 Å². The van der Waals surface area contributed by atoms with Gasteiger partial charge in [0.05, 0.1) is 13.2 Å². The molecule has 170 valence electrons. The largest absolute Gasteiger partial charge is 0.465 e. The predicted molar refractivity (Wildman–Crippen MR) is 119 cm³/mol. The maximum Gasteiger partial charge on any atom is 0.305 e. The molecule has 29 heavy (non-hydrogen) atoms. The summed E-state index contributed by atoms with van der Waals surface area (Å²) in [7, 11) is -2.86. The van der Waals surface area contributed by atoms with Crippen LogP contribution >= 0.6 is 7.37 Å². The van der Waals surface area contributed by atoms with Crippen LogP contribution in [0.2, 0.25) is 0 Å². The van der Waals surface area contributed by atoms with E-state index in [1.165, 1.54) is 64.2 Å². The topological polar surface area (TPSA) is 72.8 Å². The van der Waals surface area contributed by atoms with E-state index >= 15 is 0 Å². The first-order valence-electron chi connectivity index (χ1n) is 11.7. The summed E-state index contributed by atoms with van der Waals surface area (Å²) in [6.07, 6.45) is 21.1. The van der Waals surface area contributed by atoms with Gasteiger partial charge in [0.2, 0.25) is 7.37 Å². The first-order chi connectivity index (χ1) is 14.1. The molecule has 0 amide bonds. The third-order valence-corrected chi connectivity index (χ3v) is 7.54. The summed E-state index contributed by atoms with van der Waals surface area (Å²) in [6.45, 7) is 2.80. The molecule has 1 saturated heterocycles. The van der Waals surface area contributed by atoms with E-state index in [2.05, 4.69) is 19.1 Å². The standard InChI is InChI=1S/C23H43O5P/c1-2-3-4-5-6-7-8-9-10-11-12-13-14-15-16-17-23(25)27-18-22-19-28-29(26,20-22)21-24/h9-10,22,24H,2-8,11-21H2,1H3/b10-9-. The van der Waals surface area contributed by atoms with Crippen molar-refractivity contribution in [2.45, 2.75) is 96.8 Å². The van der Waals surface area contributed by atoms with Crippen LogP contribution in [0.25, 0.3) is 0 Å². The third kappa shape index (κ3) is 14.1. The van der Waals surface area contributed by atoms with Crippen molar-refractivity contribution in [3.05, 3.63) is 12.2 Å². The molecule has 0 radical (unpaired) electrons. The number of esters is 1. The molecule has 0 bridgehead atoms. The Balaban J connectivity index is 1.84. The molecule has 0 aromatic carbocycles. The van der Waals surface area contributed by atoms with Crippen LogP contribution in [0.5, 0.6) is 0 Å². The summed E-state index contributed by atoms with van der Waals surface area (Å²) in [5, 5.41) is 9.02. The van der Waals surface area contributed by atoms with Crippen LogP contribution in [-0.2, 0) is 18.6 Å². The number of ether oxygens (including phenoxy) is 1. The van der Waals surface area contributed by atoms with Crippen molar-refractivity contribution in [2.75, 3.05) is 25.7 Å². The average molecular weight is 431 g/mol.